The van der Waals surface area contributed by atoms with Crippen molar-refractivity contribution >= 4 is 22.4 Å². The minimum Gasteiger partial charge on any atom is -0.383 e. The van der Waals surface area contributed by atoms with Crippen LogP contribution in [0.25, 0.3) is 10.9 Å². The standard InChI is InChI=1S/C23H26F2N4/c1-16-7-8-20-18(13-16)21(27-11-10-26-2)14-22(28-20)29-12-9-23(24,25)19-6-4-3-5-17(19)15-29/h3-8,13-14,26H,9-12,15H2,1-2H3,(H,27,28). The van der Waals surface area contributed by atoms with E-state index in [1.807, 2.05) is 36.2 Å². The Bertz CT molecular complexity index is 1020. The fourth-order valence-corrected chi connectivity index (χ4v) is 3.86. The predicted octanol–water partition coefficient (Wildman–Crippen LogP) is 4.68. The molecule has 29 heavy (non-hydrogen) atoms. The third-order valence-electron chi connectivity index (χ3n) is 5.43. The van der Waals surface area contributed by atoms with Gasteiger partial charge in [0.15, 0.2) is 0 Å². The van der Waals surface area contributed by atoms with Crippen LogP contribution in [0, 0.1) is 6.92 Å². The summed E-state index contributed by atoms with van der Waals surface area (Å²) in [7, 11) is 1.91. The SMILES string of the molecule is CNCCNc1cc(N2CCC(F)(F)c3ccccc3C2)nc2ccc(C)cc12. The maximum absolute atomic E-state index is 14.7. The van der Waals surface area contributed by atoms with Crippen LogP contribution in [0.1, 0.15) is 23.1 Å². The van der Waals surface area contributed by atoms with Crippen molar-refractivity contribution in [3.8, 4) is 0 Å². The van der Waals surface area contributed by atoms with Crippen molar-refractivity contribution in [1.29, 1.82) is 0 Å². The number of hydrogen-bond acceptors (Lipinski definition) is 4. The zero-order chi connectivity index (χ0) is 20.4. The molecule has 0 spiro atoms. The Balaban J connectivity index is 1.74. The Morgan fingerprint density at radius 2 is 1.93 bits per heavy atom. The summed E-state index contributed by atoms with van der Waals surface area (Å²) in [5.74, 6) is -2.10. The van der Waals surface area contributed by atoms with Gasteiger partial charge < -0.3 is 15.5 Å². The molecule has 1 aliphatic heterocycles. The molecule has 0 atom stereocenters. The first-order valence-electron chi connectivity index (χ1n) is 9.99. The number of nitrogens with zero attached hydrogens (tertiary/aromatic N) is 2. The molecule has 4 rings (SSSR count). The van der Waals surface area contributed by atoms with Crippen molar-refractivity contribution in [2.24, 2.45) is 0 Å². The van der Waals surface area contributed by atoms with Crippen molar-refractivity contribution < 1.29 is 8.78 Å². The Morgan fingerprint density at radius 3 is 2.76 bits per heavy atom. The quantitative estimate of drug-likeness (QED) is 0.615. The summed E-state index contributed by atoms with van der Waals surface area (Å²) in [5, 5.41) is 7.65. The molecule has 0 radical (unpaired) electrons. The highest BCUT2D eigenvalue weighted by atomic mass is 19.3. The van der Waals surface area contributed by atoms with Crippen molar-refractivity contribution in [3.05, 3.63) is 65.2 Å². The molecule has 2 N–H and O–H groups in total. The van der Waals surface area contributed by atoms with Crippen LogP contribution in [-0.4, -0.2) is 31.7 Å². The van der Waals surface area contributed by atoms with E-state index in [9.17, 15) is 8.78 Å². The van der Waals surface area contributed by atoms with E-state index in [4.69, 9.17) is 4.98 Å². The number of pyridine rings is 1. The number of hydrogen-bond donors (Lipinski definition) is 2. The highest BCUT2D eigenvalue weighted by Gasteiger charge is 2.37. The third kappa shape index (κ3) is 4.03. The van der Waals surface area contributed by atoms with E-state index >= 15 is 0 Å². The highest BCUT2D eigenvalue weighted by Crippen LogP contribution is 2.38. The van der Waals surface area contributed by atoms with E-state index < -0.39 is 5.92 Å². The van der Waals surface area contributed by atoms with Gasteiger partial charge in [0, 0.05) is 55.3 Å². The van der Waals surface area contributed by atoms with E-state index in [1.54, 1.807) is 18.2 Å². The number of aromatic nitrogens is 1. The summed E-state index contributed by atoms with van der Waals surface area (Å²) >= 11 is 0. The summed E-state index contributed by atoms with van der Waals surface area (Å²) < 4.78 is 29.3. The van der Waals surface area contributed by atoms with Crippen LogP contribution in [0.4, 0.5) is 20.3 Å². The smallest absolute Gasteiger partial charge is 0.275 e. The van der Waals surface area contributed by atoms with Gasteiger partial charge in [0.2, 0.25) is 0 Å². The summed E-state index contributed by atoms with van der Waals surface area (Å²) in [6.07, 6.45) is -0.222. The lowest BCUT2D eigenvalue weighted by Gasteiger charge is -2.24. The summed E-state index contributed by atoms with van der Waals surface area (Å²) in [5.41, 5.74) is 3.79. The minimum atomic E-state index is -2.83. The molecular formula is C23H26F2N4. The second-order valence-electron chi connectivity index (χ2n) is 7.61. The zero-order valence-corrected chi connectivity index (χ0v) is 16.8. The average molecular weight is 396 g/mol. The number of nitrogens with one attached hydrogen (secondary N) is 2. The monoisotopic (exact) mass is 396 g/mol. The van der Waals surface area contributed by atoms with Gasteiger partial charge >= 0.3 is 0 Å². The summed E-state index contributed by atoms with van der Waals surface area (Å²) in [4.78, 5) is 6.78. The molecule has 0 aliphatic carbocycles. The maximum Gasteiger partial charge on any atom is 0.275 e. The van der Waals surface area contributed by atoms with E-state index in [1.165, 1.54) is 0 Å². The summed E-state index contributed by atoms with van der Waals surface area (Å²) in [6.45, 7) is 4.32. The molecule has 1 aromatic heterocycles. The Morgan fingerprint density at radius 1 is 1.10 bits per heavy atom. The van der Waals surface area contributed by atoms with Crippen LogP contribution < -0.4 is 15.5 Å². The molecule has 0 unspecified atom stereocenters. The highest BCUT2D eigenvalue weighted by molar-refractivity contribution is 5.93. The van der Waals surface area contributed by atoms with Crippen LogP contribution in [0.3, 0.4) is 0 Å². The van der Waals surface area contributed by atoms with E-state index in [-0.39, 0.29) is 18.5 Å². The predicted molar refractivity (Wildman–Crippen MR) is 115 cm³/mol. The largest absolute Gasteiger partial charge is 0.383 e. The maximum atomic E-state index is 14.7. The third-order valence-corrected chi connectivity index (χ3v) is 5.43. The molecule has 0 bridgehead atoms. The molecule has 1 aliphatic rings. The molecule has 2 aromatic carbocycles. The van der Waals surface area contributed by atoms with Crippen LogP contribution in [-0.2, 0) is 12.5 Å². The number of benzene rings is 2. The average Bonchev–Trinajstić information content (AvgIpc) is 2.84. The number of aryl methyl sites for hydroxylation is 1. The lowest BCUT2D eigenvalue weighted by atomic mass is 10.0. The van der Waals surface area contributed by atoms with Crippen molar-refractivity contribution in [3.63, 3.8) is 0 Å². The van der Waals surface area contributed by atoms with Crippen LogP contribution in [0.15, 0.2) is 48.5 Å². The van der Waals surface area contributed by atoms with Crippen molar-refractivity contribution in [1.82, 2.24) is 10.3 Å². The molecule has 3 aromatic rings. The van der Waals surface area contributed by atoms with Crippen LogP contribution >= 0.6 is 0 Å². The number of halogens is 2. The van der Waals surface area contributed by atoms with Gasteiger partial charge in [-0.1, -0.05) is 35.9 Å². The minimum absolute atomic E-state index is 0.131. The molecular weight excluding hydrogens is 370 g/mol. The first-order valence-corrected chi connectivity index (χ1v) is 9.99. The lowest BCUT2D eigenvalue weighted by molar-refractivity contribution is -0.00967. The molecule has 2 heterocycles. The van der Waals surface area contributed by atoms with Gasteiger partial charge in [0.1, 0.15) is 5.82 Å². The van der Waals surface area contributed by atoms with Gasteiger partial charge in [0.05, 0.1) is 5.52 Å². The van der Waals surface area contributed by atoms with Gasteiger partial charge in [-0.15, -0.1) is 0 Å². The van der Waals surface area contributed by atoms with E-state index in [0.29, 0.717) is 12.1 Å². The van der Waals surface area contributed by atoms with Gasteiger partial charge in [-0.25, -0.2) is 13.8 Å². The molecule has 0 saturated heterocycles. The Kier molecular flexibility index (Phi) is 5.37. The molecule has 6 heteroatoms. The molecule has 4 nitrogen and oxygen atoms in total. The van der Waals surface area contributed by atoms with Crippen LogP contribution in [0.5, 0.6) is 0 Å². The van der Waals surface area contributed by atoms with E-state index in [2.05, 4.69) is 23.6 Å². The Hall–Kier alpha value is -2.73. The number of fused-ring (bicyclic) bond motifs is 2. The number of anilines is 2. The fourth-order valence-electron chi connectivity index (χ4n) is 3.86. The fraction of sp³-hybridized carbons (Fsp3) is 0.348. The molecule has 0 saturated carbocycles. The van der Waals surface area contributed by atoms with Gasteiger partial charge in [-0.3, -0.25) is 0 Å². The van der Waals surface area contributed by atoms with Crippen molar-refractivity contribution in [2.75, 3.05) is 36.9 Å². The van der Waals surface area contributed by atoms with E-state index in [0.717, 1.165) is 41.1 Å². The van der Waals surface area contributed by atoms with Gasteiger partial charge in [-0.2, -0.15) is 0 Å². The molecule has 0 fully saturated rings. The van der Waals surface area contributed by atoms with Gasteiger partial charge in [-0.05, 0) is 31.7 Å². The topological polar surface area (TPSA) is 40.2 Å². The molecule has 0 amide bonds. The lowest BCUT2D eigenvalue weighted by Crippen LogP contribution is -2.25. The number of likely N-dealkylation sites (N-methyl/N-ethyl adjacent to an activating group) is 1. The second kappa shape index (κ2) is 7.95. The van der Waals surface area contributed by atoms with Crippen LogP contribution in [0.2, 0.25) is 0 Å². The van der Waals surface area contributed by atoms with Crippen molar-refractivity contribution in [2.45, 2.75) is 25.8 Å². The zero-order valence-electron chi connectivity index (χ0n) is 16.8. The summed E-state index contributed by atoms with van der Waals surface area (Å²) in [6, 6.07) is 15.0. The Labute approximate surface area is 169 Å². The number of rotatable bonds is 5. The first kappa shape index (κ1) is 19.6. The first-order chi connectivity index (χ1) is 14.0. The number of alkyl halides is 2. The normalized spacial score (nSPS) is 15.8. The molecule has 152 valence electrons. The van der Waals surface area contributed by atoms with Gasteiger partial charge in [0.25, 0.3) is 5.92 Å². The second-order valence-corrected chi connectivity index (χ2v) is 7.61.